The Morgan fingerprint density at radius 3 is 2.47 bits per heavy atom. The summed E-state index contributed by atoms with van der Waals surface area (Å²) in [5, 5.41) is 22.3. The number of nitriles is 1. The van der Waals surface area contributed by atoms with Gasteiger partial charge >= 0.3 is 6.16 Å². The van der Waals surface area contributed by atoms with Crippen molar-refractivity contribution in [2.45, 2.75) is 19.9 Å². The predicted molar refractivity (Wildman–Crippen MR) is 140 cm³/mol. The van der Waals surface area contributed by atoms with Gasteiger partial charge < -0.3 is 19.1 Å². The fraction of sp³-hybridized carbons (Fsp3) is 0.133. The monoisotopic (exact) mass is 476 g/mol. The Balaban J connectivity index is 1.50. The van der Waals surface area contributed by atoms with Gasteiger partial charge in [0.05, 0.1) is 12.1 Å². The first-order valence-corrected chi connectivity index (χ1v) is 11.7. The van der Waals surface area contributed by atoms with Crippen molar-refractivity contribution in [2.75, 3.05) is 6.61 Å². The maximum atomic E-state index is 11.5. The first-order valence-electron chi connectivity index (χ1n) is 11.7. The third-order valence-electron chi connectivity index (χ3n) is 6.31. The van der Waals surface area contributed by atoms with Crippen molar-refractivity contribution >= 4 is 27.8 Å². The van der Waals surface area contributed by atoms with Crippen molar-refractivity contribution in [1.29, 1.82) is 5.26 Å². The smallest absolute Gasteiger partial charge is 0.493 e. The minimum atomic E-state index is -1.46. The number of hydrogen-bond acceptors (Lipinski definition) is 4. The highest BCUT2D eigenvalue weighted by Gasteiger charge is 2.24. The maximum absolute atomic E-state index is 11.5. The summed E-state index contributed by atoms with van der Waals surface area (Å²) >= 11 is 0. The van der Waals surface area contributed by atoms with Gasteiger partial charge in [0, 0.05) is 17.3 Å². The van der Waals surface area contributed by atoms with E-state index < -0.39 is 6.16 Å². The molecule has 1 N–H and O–H groups in total. The second kappa shape index (κ2) is 9.85. The van der Waals surface area contributed by atoms with Crippen LogP contribution in [0.25, 0.3) is 32.8 Å². The molecule has 5 rings (SSSR count). The van der Waals surface area contributed by atoms with E-state index in [1.165, 1.54) is 0 Å². The van der Waals surface area contributed by atoms with Crippen molar-refractivity contribution in [3.8, 4) is 28.8 Å². The van der Waals surface area contributed by atoms with Crippen LogP contribution in [-0.4, -0.2) is 22.4 Å². The van der Waals surface area contributed by atoms with Gasteiger partial charge in [-0.15, -0.1) is 0 Å². The van der Waals surface area contributed by atoms with E-state index in [1.807, 2.05) is 91.9 Å². The molecular formula is C30H24N2O4. The van der Waals surface area contributed by atoms with Gasteiger partial charge in [-0.25, -0.2) is 4.79 Å². The van der Waals surface area contributed by atoms with Crippen molar-refractivity contribution in [3.63, 3.8) is 0 Å². The maximum Gasteiger partial charge on any atom is 0.512 e. The third kappa shape index (κ3) is 4.23. The van der Waals surface area contributed by atoms with Crippen molar-refractivity contribution in [2.24, 2.45) is 0 Å². The van der Waals surface area contributed by atoms with Crippen LogP contribution in [0.2, 0.25) is 0 Å². The van der Waals surface area contributed by atoms with E-state index in [1.54, 1.807) is 4.57 Å². The molecule has 0 atom stereocenters. The number of rotatable bonds is 7. The van der Waals surface area contributed by atoms with E-state index in [0.717, 1.165) is 38.7 Å². The molecule has 178 valence electrons. The number of nitrogens with zero attached hydrogens (tertiary/aromatic N) is 2. The number of hydrogen-bond donors (Lipinski definition) is 1. The first kappa shape index (κ1) is 23.0. The molecule has 0 fully saturated rings. The molecule has 1 heterocycles. The van der Waals surface area contributed by atoms with Crippen molar-refractivity contribution in [1.82, 2.24) is 4.57 Å². The van der Waals surface area contributed by atoms with E-state index in [4.69, 9.17) is 9.47 Å². The number of carboxylic acid groups (broad SMARTS) is 1. The van der Waals surface area contributed by atoms with Crippen LogP contribution in [0.1, 0.15) is 17.5 Å². The lowest BCUT2D eigenvalue weighted by Gasteiger charge is -2.12. The molecule has 1 aromatic heterocycles. The summed E-state index contributed by atoms with van der Waals surface area (Å²) in [6.07, 6.45) is -0.873. The number of carbonyl (C=O) groups is 1. The summed E-state index contributed by atoms with van der Waals surface area (Å²) in [5.74, 6) is 0.832. The van der Waals surface area contributed by atoms with Gasteiger partial charge in [-0.05, 0) is 47.6 Å². The summed E-state index contributed by atoms with van der Waals surface area (Å²) in [6.45, 7) is 2.85. The largest absolute Gasteiger partial charge is 0.512 e. The minimum absolute atomic E-state index is 0.0335. The minimum Gasteiger partial charge on any atom is -0.493 e. The van der Waals surface area contributed by atoms with Crippen molar-refractivity contribution < 1.29 is 19.4 Å². The molecule has 0 spiro atoms. The Labute approximate surface area is 208 Å². The van der Waals surface area contributed by atoms with Crippen LogP contribution >= 0.6 is 0 Å². The molecule has 0 aliphatic rings. The normalized spacial score (nSPS) is 10.9. The molecule has 0 aliphatic carbocycles. The summed E-state index contributed by atoms with van der Waals surface area (Å²) in [5.41, 5.74) is 3.86. The highest BCUT2D eigenvalue weighted by molar-refractivity contribution is 6.02. The van der Waals surface area contributed by atoms with E-state index in [-0.39, 0.29) is 11.4 Å². The standard InChI is InChI=1S/C30H24N2O4/c1-20-9-2-4-12-22(20)24-14-7-15-26-28(24)25(19-31)29(36-30(33)34)32(26)17-8-18-35-27-16-6-11-21-10-3-5-13-23(21)27/h2-7,9-16H,8,17-18H2,1H3,(H,33,34). The van der Waals surface area contributed by atoms with Gasteiger partial charge in [0.2, 0.25) is 5.88 Å². The van der Waals surface area contributed by atoms with Gasteiger partial charge in [-0.1, -0.05) is 72.8 Å². The second-order valence-corrected chi connectivity index (χ2v) is 8.51. The zero-order chi connectivity index (χ0) is 25.1. The SMILES string of the molecule is Cc1ccccc1-c1cccc2c1c(C#N)c(OC(=O)O)n2CCCOc1cccc2ccccc12. The molecule has 36 heavy (non-hydrogen) atoms. The number of aryl methyl sites for hydroxylation is 2. The summed E-state index contributed by atoms with van der Waals surface area (Å²) < 4.78 is 13.0. The second-order valence-electron chi connectivity index (χ2n) is 8.51. The lowest BCUT2D eigenvalue weighted by atomic mass is 9.96. The molecular weight excluding hydrogens is 452 g/mol. The molecule has 0 amide bonds. The van der Waals surface area contributed by atoms with E-state index in [0.29, 0.717) is 25.0 Å². The van der Waals surface area contributed by atoms with E-state index >= 15 is 0 Å². The number of fused-ring (bicyclic) bond motifs is 2. The van der Waals surface area contributed by atoms with Gasteiger partial charge in [0.15, 0.2) is 0 Å². The van der Waals surface area contributed by atoms with Crippen LogP contribution < -0.4 is 9.47 Å². The van der Waals surface area contributed by atoms with Crippen LogP contribution in [0.5, 0.6) is 11.6 Å². The number of benzene rings is 4. The Bertz CT molecular complexity index is 1620. The number of ether oxygens (including phenoxy) is 2. The van der Waals surface area contributed by atoms with Gasteiger partial charge in [0.25, 0.3) is 0 Å². The van der Waals surface area contributed by atoms with E-state index in [2.05, 4.69) is 6.07 Å². The third-order valence-corrected chi connectivity index (χ3v) is 6.31. The Morgan fingerprint density at radius 2 is 1.67 bits per heavy atom. The lowest BCUT2D eigenvalue weighted by Crippen LogP contribution is -2.11. The first-order chi connectivity index (χ1) is 17.6. The molecule has 0 bridgehead atoms. The quantitative estimate of drug-likeness (QED) is 0.199. The highest BCUT2D eigenvalue weighted by atomic mass is 16.7. The van der Waals surface area contributed by atoms with Crippen LogP contribution in [0.4, 0.5) is 4.79 Å². The molecule has 0 saturated heterocycles. The van der Waals surface area contributed by atoms with Crippen LogP contribution in [0.3, 0.4) is 0 Å². The fourth-order valence-corrected chi connectivity index (χ4v) is 4.72. The summed E-state index contributed by atoms with van der Waals surface area (Å²) in [7, 11) is 0. The van der Waals surface area contributed by atoms with Crippen LogP contribution in [0.15, 0.2) is 84.9 Å². The summed E-state index contributed by atoms with van der Waals surface area (Å²) in [6, 6.07) is 29.8. The lowest BCUT2D eigenvalue weighted by molar-refractivity contribution is 0.140. The van der Waals surface area contributed by atoms with Gasteiger partial charge in [0.1, 0.15) is 17.4 Å². The van der Waals surface area contributed by atoms with Gasteiger partial charge in [-0.2, -0.15) is 5.26 Å². The molecule has 0 unspecified atom stereocenters. The average molecular weight is 477 g/mol. The molecule has 5 aromatic rings. The Morgan fingerprint density at radius 1 is 0.944 bits per heavy atom. The molecule has 0 saturated carbocycles. The molecule has 6 nitrogen and oxygen atoms in total. The Hall–Kier alpha value is -4.76. The highest BCUT2D eigenvalue weighted by Crippen LogP contribution is 2.39. The predicted octanol–water partition coefficient (Wildman–Crippen LogP) is 7.17. The molecule has 0 radical (unpaired) electrons. The topological polar surface area (TPSA) is 84.5 Å². The zero-order valence-corrected chi connectivity index (χ0v) is 19.8. The Kier molecular flexibility index (Phi) is 6.29. The van der Waals surface area contributed by atoms with Crippen molar-refractivity contribution in [3.05, 3.63) is 96.1 Å². The molecule has 6 heteroatoms. The number of aromatic nitrogens is 1. The summed E-state index contributed by atoms with van der Waals surface area (Å²) in [4.78, 5) is 11.5. The average Bonchev–Trinajstić information content (AvgIpc) is 3.18. The van der Waals surface area contributed by atoms with Gasteiger partial charge in [-0.3, -0.25) is 0 Å². The molecule has 4 aromatic carbocycles. The van der Waals surface area contributed by atoms with Crippen LogP contribution in [0, 0.1) is 18.3 Å². The zero-order valence-electron chi connectivity index (χ0n) is 19.8. The van der Waals surface area contributed by atoms with Crippen LogP contribution in [-0.2, 0) is 6.54 Å². The van der Waals surface area contributed by atoms with E-state index in [9.17, 15) is 15.2 Å². The fourth-order valence-electron chi connectivity index (χ4n) is 4.72. The molecule has 0 aliphatic heterocycles.